The van der Waals surface area contributed by atoms with Crippen LogP contribution in [0.2, 0.25) is 0 Å². The number of carbonyl (C=O) groups is 1. The van der Waals surface area contributed by atoms with Crippen LogP contribution in [0.4, 0.5) is 23.1 Å². The van der Waals surface area contributed by atoms with E-state index in [2.05, 4.69) is 58.7 Å². The van der Waals surface area contributed by atoms with Gasteiger partial charge in [0, 0.05) is 5.69 Å². The number of rotatable bonds is 5. The number of nitrogens with zero attached hydrogens (tertiary/aromatic N) is 3. The second-order valence-corrected chi connectivity index (χ2v) is 7.28. The first-order valence-electron chi connectivity index (χ1n) is 8.88. The van der Waals surface area contributed by atoms with Crippen molar-refractivity contribution in [2.45, 2.75) is 26.2 Å². The predicted molar refractivity (Wildman–Crippen MR) is 109 cm³/mol. The lowest BCUT2D eigenvalue weighted by atomic mass is 9.87. The summed E-state index contributed by atoms with van der Waals surface area (Å²) in [5.74, 6) is 0.381. The molecule has 0 radical (unpaired) electrons. The number of nitrogens with one attached hydrogen (secondary N) is 2. The standard InChI is InChI=1S/C21H23N5O2/c1-21(2,3)14-9-11-15(12-10-14)23-20-25-18(13-22-26-20)24-17-8-6-5-7-16(17)19(27)28-4/h5-13H,1-4H3,(H2,23,24,25,26). The molecule has 0 aliphatic heterocycles. The average Bonchev–Trinajstić information content (AvgIpc) is 2.68. The number of methoxy groups -OCH3 is 1. The summed E-state index contributed by atoms with van der Waals surface area (Å²) in [6, 6.07) is 15.1. The minimum Gasteiger partial charge on any atom is -0.465 e. The van der Waals surface area contributed by atoms with Crippen LogP contribution in [0, 0.1) is 0 Å². The Labute approximate surface area is 164 Å². The van der Waals surface area contributed by atoms with E-state index in [1.807, 2.05) is 18.2 Å². The maximum absolute atomic E-state index is 11.9. The zero-order valence-electron chi connectivity index (χ0n) is 16.4. The Bertz CT molecular complexity index is 965. The van der Waals surface area contributed by atoms with Crippen LogP contribution in [-0.2, 0) is 10.2 Å². The lowest BCUT2D eigenvalue weighted by molar-refractivity contribution is 0.0602. The summed E-state index contributed by atoms with van der Waals surface area (Å²) in [4.78, 5) is 16.3. The van der Waals surface area contributed by atoms with Crippen LogP contribution in [0.3, 0.4) is 0 Å². The van der Waals surface area contributed by atoms with E-state index in [1.165, 1.54) is 18.9 Å². The Kier molecular flexibility index (Phi) is 5.54. The molecule has 2 N–H and O–H groups in total. The molecule has 0 bridgehead atoms. The first-order valence-corrected chi connectivity index (χ1v) is 8.88. The van der Waals surface area contributed by atoms with E-state index >= 15 is 0 Å². The van der Waals surface area contributed by atoms with Gasteiger partial charge in [0.1, 0.15) is 0 Å². The zero-order valence-corrected chi connectivity index (χ0v) is 16.4. The highest BCUT2D eigenvalue weighted by Crippen LogP contribution is 2.25. The Morgan fingerprint density at radius 1 is 1.00 bits per heavy atom. The summed E-state index contributed by atoms with van der Waals surface area (Å²) in [5.41, 5.74) is 3.19. The quantitative estimate of drug-likeness (QED) is 0.635. The molecule has 0 fully saturated rings. The minimum absolute atomic E-state index is 0.0907. The Morgan fingerprint density at radius 2 is 1.71 bits per heavy atom. The molecule has 0 spiro atoms. The number of aromatic nitrogens is 3. The molecule has 0 unspecified atom stereocenters. The summed E-state index contributed by atoms with van der Waals surface area (Å²) in [7, 11) is 1.35. The first kappa shape index (κ1) is 19.3. The highest BCUT2D eigenvalue weighted by molar-refractivity contribution is 5.96. The number of ether oxygens (including phenoxy) is 1. The Morgan fingerprint density at radius 3 is 2.39 bits per heavy atom. The average molecular weight is 377 g/mol. The maximum atomic E-state index is 11.9. The van der Waals surface area contributed by atoms with Crippen molar-refractivity contribution in [2.75, 3.05) is 17.7 Å². The third-order valence-corrected chi connectivity index (χ3v) is 4.16. The topological polar surface area (TPSA) is 89.0 Å². The number of hydrogen-bond donors (Lipinski definition) is 2. The Balaban J connectivity index is 1.77. The lowest BCUT2D eigenvalue weighted by Gasteiger charge is -2.19. The summed E-state index contributed by atoms with van der Waals surface area (Å²) in [6.45, 7) is 6.51. The van der Waals surface area contributed by atoms with E-state index in [1.54, 1.807) is 18.2 Å². The molecule has 7 heteroatoms. The van der Waals surface area contributed by atoms with Gasteiger partial charge in [0.15, 0.2) is 5.82 Å². The van der Waals surface area contributed by atoms with Crippen molar-refractivity contribution >= 4 is 29.1 Å². The minimum atomic E-state index is -0.428. The van der Waals surface area contributed by atoms with E-state index in [-0.39, 0.29) is 5.41 Å². The highest BCUT2D eigenvalue weighted by Gasteiger charge is 2.14. The molecule has 2 aromatic carbocycles. The van der Waals surface area contributed by atoms with E-state index in [4.69, 9.17) is 4.74 Å². The highest BCUT2D eigenvalue weighted by atomic mass is 16.5. The molecular weight excluding hydrogens is 354 g/mol. The second-order valence-electron chi connectivity index (χ2n) is 7.28. The van der Waals surface area contributed by atoms with Gasteiger partial charge >= 0.3 is 5.97 Å². The van der Waals surface area contributed by atoms with Crippen molar-refractivity contribution in [3.05, 3.63) is 65.9 Å². The zero-order chi connectivity index (χ0) is 20.1. The summed E-state index contributed by atoms with van der Waals surface area (Å²) in [6.07, 6.45) is 1.49. The van der Waals surface area contributed by atoms with Gasteiger partial charge in [-0.3, -0.25) is 0 Å². The maximum Gasteiger partial charge on any atom is 0.339 e. The van der Waals surface area contributed by atoms with Crippen LogP contribution in [0.5, 0.6) is 0 Å². The van der Waals surface area contributed by atoms with Gasteiger partial charge in [-0.1, -0.05) is 45.0 Å². The first-order chi connectivity index (χ1) is 13.4. The van der Waals surface area contributed by atoms with Crippen molar-refractivity contribution in [3.8, 4) is 0 Å². The molecule has 0 saturated carbocycles. The number of anilines is 4. The number of carbonyl (C=O) groups excluding carboxylic acids is 1. The number of esters is 1. The van der Waals surface area contributed by atoms with Gasteiger partial charge in [-0.05, 0) is 35.2 Å². The molecule has 3 rings (SSSR count). The van der Waals surface area contributed by atoms with Gasteiger partial charge in [-0.2, -0.15) is 10.1 Å². The van der Waals surface area contributed by atoms with Gasteiger partial charge in [0.2, 0.25) is 5.95 Å². The molecule has 144 valence electrons. The third kappa shape index (κ3) is 4.62. The van der Waals surface area contributed by atoms with Crippen LogP contribution in [-0.4, -0.2) is 28.3 Å². The number of benzene rings is 2. The largest absolute Gasteiger partial charge is 0.465 e. The van der Waals surface area contributed by atoms with Gasteiger partial charge in [0.25, 0.3) is 0 Å². The second kappa shape index (κ2) is 8.04. The van der Waals surface area contributed by atoms with E-state index in [0.29, 0.717) is 23.0 Å². The fourth-order valence-electron chi connectivity index (χ4n) is 2.62. The van der Waals surface area contributed by atoms with Crippen molar-refractivity contribution in [1.82, 2.24) is 15.2 Å². The van der Waals surface area contributed by atoms with Gasteiger partial charge in [0.05, 0.1) is 24.6 Å². The van der Waals surface area contributed by atoms with Crippen LogP contribution < -0.4 is 10.6 Å². The summed E-state index contributed by atoms with van der Waals surface area (Å²) < 4.78 is 4.81. The lowest BCUT2D eigenvalue weighted by Crippen LogP contribution is -2.10. The molecule has 0 atom stereocenters. The van der Waals surface area contributed by atoms with Gasteiger partial charge in [-0.25, -0.2) is 4.79 Å². The molecule has 28 heavy (non-hydrogen) atoms. The van der Waals surface area contributed by atoms with Crippen molar-refractivity contribution < 1.29 is 9.53 Å². The molecule has 1 heterocycles. The molecule has 0 aliphatic rings. The smallest absolute Gasteiger partial charge is 0.339 e. The van der Waals surface area contributed by atoms with E-state index in [9.17, 15) is 4.79 Å². The summed E-state index contributed by atoms with van der Waals surface area (Å²) >= 11 is 0. The molecule has 1 aromatic heterocycles. The fourth-order valence-corrected chi connectivity index (χ4v) is 2.62. The SMILES string of the molecule is COC(=O)c1ccccc1Nc1cnnc(Nc2ccc(C(C)(C)C)cc2)n1. The van der Waals surface area contributed by atoms with Crippen LogP contribution >= 0.6 is 0 Å². The monoisotopic (exact) mass is 377 g/mol. The van der Waals surface area contributed by atoms with Gasteiger partial charge < -0.3 is 15.4 Å². The van der Waals surface area contributed by atoms with Gasteiger partial charge in [-0.15, -0.1) is 5.10 Å². The van der Waals surface area contributed by atoms with E-state index in [0.717, 1.165) is 5.69 Å². The molecular formula is C21H23N5O2. The Hall–Kier alpha value is -3.48. The van der Waals surface area contributed by atoms with Crippen LogP contribution in [0.1, 0.15) is 36.7 Å². The summed E-state index contributed by atoms with van der Waals surface area (Å²) in [5, 5.41) is 14.2. The van der Waals surface area contributed by atoms with Crippen molar-refractivity contribution in [1.29, 1.82) is 0 Å². The van der Waals surface area contributed by atoms with Crippen LogP contribution in [0.25, 0.3) is 0 Å². The fraction of sp³-hybridized carbons (Fsp3) is 0.238. The molecule has 0 amide bonds. The normalized spacial score (nSPS) is 11.0. The number of hydrogen-bond acceptors (Lipinski definition) is 7. The molecule has 3 aromatic rings. The molecule has 0 saturated heterocycles. The molecule has 0 aliphatic carbocycles. The predicted octanol–water partition coefficient (Wildman–Crippen LogP) is 4.44. The van der Waals surface area contributed by atoms with Crippen LogP contribution in [0.15, 0.2) is 54.7 Å². The number of para-hydroxylation sites is 1. The molecule has 7 nitrogen and oxygen atoms in total. The van der Waals surface area contributed by atoms with Crippen molar-refractivity contribution in [3.63, 3.8) is 0 Å². The third-order valence-electron chi connectivity index (χ3n) is 4.16. The van der Waals surface area contributed by atoms with Crippen molar-refractivity contribution in [2.24, 2.45) is 0 Å². The van der Waals surface area contributed by atoms with E-state index < -0.39 is 5.97 Å².